The van der Waals surface area contributed by atoms with Crippen molar-refractivity contribution in [1.29, 1.82) is 0 Å². The zero-order valence-electron chi connectivity index (χ0n) is 23.7. The third-order valence-electron chi connectivity index (χ3n) is 6.79. The molecule has 1 rings (SSSR count). The van der Waals surface area contributed by atoms with Gasteiger partial charge in [-0.15, -0.1) is 0 Å². The van der Waals surface area contributed by atoms with Crippen LogP contribution in [0.25, 0.3) is 0 Å². The van der Waals surface area contributed by atoms with Crippen LogP contribution < -0.4 is 0 Å². The van der Waals surface area contributed by atoms with Gasteiger partial charge in [0.05, 0.1) is 0 Å². The summed E-state index contributed by atoms with van der Waals surface area (Å²) >= 11 is -10.4. The third-order valence-corrected chi connectivity index (χ3v) is 128. The number of rotatable bonds is 0. The van der Waals surface area contributed by atoms with Gasteiger partial charge in [-0.3, -0.25) is 0 Å². The average Bonchev–Trinajstić information content (AvgIpc) is 2.39. The van der Waals surface area contributed by atoms with E-state index in [4.69, 9.17) is 2.82 Å². The van der Waals surface area contributed by atoms with Crippen LogP contribution >= 0.6 is 6.13 Å². The third kappa shape index (κ3) is 4.84. The molecule has 0 aromatic rings. The van der Waals surface area contributed by atoms with Gasteiger partial charge in [0.25, 0.3) is 0 Å². The van der Waals surface area contributed by atoms with Crippen LogP contribution in [0.3, 0.4) is 0 Å². The summed E-state index contributed by atoms with van der Waals surface area (Å²) in [5.74, 6) is 0. The monoisotopic (exact) mass is 766 g/mol. The summed E-state index contributed by atoms with van der Waals surface area (Å²) in [5.41, 5.74) is 0. The van der Waals surface area contributed by atoms with E-state index in [1.807, 2.05) is 0 Å². The predicted molar refractivity (Wildman–Crippen MR) is 145 cm³/mol. The Morgan fingerprint density at radius 2 is 0.567 bits per heavy atom. The zero-order chi connectivity index (χ0) is 24.6. The molecule has 0 aliphatic carbocycles. The molecule has 0 spiro atoms. The normalized spacial score (nSPS) is 23.4. The first-order valence-corrected chi connectivity index (χ1v) is 32.8. The fourth-order valence-corrected chi connectivity index (χ4v) is 261. The Kier molecular flexibility index (Phi) is 8.56. The van der Waals surface area contributed by atoms with Crippen LogP contribution in [0.2, 0.25) is 20.6 Å². The van der Waals surface area contributed by atoms with Crippen molar-refractivity contribution in [2.45, 2.75) is 145 Å². The van der Waals surface area contributed by atoms with E-state index in [1.165, 1.54) is 0 Å². The Labute approximate surface area is 205 Å². The maximum absolute atomic E-state index is 7.98. The van der Waals surface area contributed by atoms with Crippen molar-refractivity contribution in [3.05, 3.63) is 0 Å². The van der Waals surface area contributed by atoms with Crippen molar-refractivity contribution in [3.8, 4) is 0 Å². The molecular weight excluding hydrogens is 708 g/mol. The quantitative estimate of drug-likeness (QED) is 0.229. The van der Waals surface area contributed by atoms with Crippen LogP contribution in [-0.2, 0) is 2.82 Å². The molecule has 180 valence electrons. The summed E-state index contributed by atoms with van der Waals surface area (Å²) in [4.78, 5) is 0. The Balaban J connectivity index is 4.28. The van der Waals surface area contributed by atoms with Gasteiger partial charge in [-0.1, -0.05) is 0 Å². The number of hydrogen-bond acceptors (Lipinski definition) is 3. The van der Waals surface area contributed by atoms with Gasteiger partial charge in [0, 0.05) is 0 Å². The van der Waals surface area contributed by atoms with E-state index >= 15 is 0 Å². The van der Waals surface area contributed by atoms with Crippen molar-refractivity contribution in [1.82, 2.24) is 0 Å². The molecule has 0 aromatic carbocycles. The molecule has 0 atom stereocenters. The Hall–Kier alpha value is 2.67. The molecule has 0 N–H and O–H groups in total. The minimum atomic E-state index is -3.68. The van der Waals surface area contributed by atoms with Crippen LogP contribution in [0.1, 0.15) is 125 Å². The van der Waals surface area contributed by atoms with E-state index in [0.717, 1.165) is 0 Å². The summed E-state index contributed by atoms with van der Waals surface area (Å²) in [6.07, 6.45) is 2.42. The molecule has 1 heterocycles. The first-order valence-electron chi connectivity index (χ1n) is 11.7. The molecule has 30 heavy (non-hydrogen) atoms. The van der Waals surface area contributed by atoms with Crippen LogP contribution in [0, 0.1) is 0 Å². The van der Waals surface area contributed by atoms with E-state index in [-0.39, 0.29) is 20.6 Å². The molecule has 6 heteroatoms. The topological polar surface area (TPSA) is 18.5 Å². The minimum absolute atomic E-state index is 0.0885. The van der Waals surface area contributed by atoms with Gasteiger partial charge in [0.1, 0.15) is 0 Å². The summed E-state index contributed by atoms with van der Waals surface area (Å²) in [6.45, 7) is 44.6. The fourth-order valence-electron chi connectivity index (χ4n) is 5.88. The van der Waals surface area contributed by atoms with Gasteiger partial charge < -0.3 is 0 Å². The second-order valence-corrected chi connectivity index (χ2v) is 82.3. The molecule has 0 amide bonds. The maximum atomic E-state index is 7.98. The molecule has 1 aliphatic rings. The average molecular weight is 763 g/mol. The first-order chi connectivity index (χ1) is 12.6. The van der Waals surface area contributed by atoms with E-state index in [0.29, 0.717) is 0 Å². The van der Waals surface area contributed by atoms with Crippen molar-refractivity contribution in [3.63, 3.8) is 0 Å². The second-order valence-electron chi connectivity index (χ2n) is 15.7. The summed E-state index contributed by atoms with van der Waals surface area (Å²) in [5, 5.41) is 0. The summed E-state index contributed by atoms with van der Waals surface area (Å²) < 4.78 is 17.0. The molecular formula is C24H54O2SSn3. The molecule has 0 unspecified atom stereocenters. The molecule has 1 saturated heterocycles. The summed E-state index contributed by atoms with van der Waals surface area (Å²) in [6, 6.07) is 0. The molecule has 0 radical (unpaired) electrons. The SMILES string of the molecule is C[C](C)(C)[Sn]1([C](C)(C)C)[O][Sn]([C](C)(C)C)([C](C)(C)C)[S][Sn]([C](C)(C)C)([C](C)(C)C)[O]1. The van der Waals surface area contributed by atoms with Crippen LogP contribution in [0.5, 0.6) is 0 Å². The van der Waals surface area contributed by atoms with Gasteiger partial charge in [0.2, 0.25) is 0 Å². The fraction of sp³-hybridized carbons (Fsp3) is 1.00. The summed E-state index contributed by atoms with van der Waals surface area (Å²) in [7, 11) is 0. The zero-order valence-corrected chi connectivity index (χ0v) is 33.1. The molecule has 0 saturated carbocycles. The van der Waals surface area contributed by atoms with Crippen molar-refractivity contribution in [2.75, 3.05) is 0 Å². The van der Waals surface area contributed by atoms with Crippen LogP contribution in [-0.4, -0.2) is 54.0 Å². The van der Waals surface area contributed by atoms with Gasteiger partial charge in [-0.2, -0.15) is 0 Å². The Morgan fingerprint density at radius 3 is 0.700 bits per heavy atom. The standard InChI is InChI=1S/6C4H9.2O.S.3Sn/c6*1-4(2)3;;;;;;/h6*1-3H3;;;;;;. The van der Waals surface area contributed by atoms with Crippen molar-refractivity contribution >= 4 is 60.2 Å². The van der Waals surface area contributed by atoms with E-state index in [9.17, 15) is 0 Å². The van der Waals surface area contributed by atoms with Crippen molar-refractivity contribution in [2.24, 2.45) is 0 Å². The van der Waals surface area contributed by atoms with Gasteiger partial charge in [-0.25, -0.2) is 0 Å². The van der Waals surface area contributed by atoms with Crippen LogP contribution in [0.15, 0.2) is 0 Å². The van der Waals surface area contributed by atoms with E-state index in [1.54, 1.807) is 0 Å². The van der Waals surface area contributed by atoms with Gasteiger partial charge in [-0.05, 0) is 0 Å². The van der Waals surface area contributed by atoms with Gasteiger partial charge >= 0.3 is 208 Å². The number of hydrogen-bond donors (Lipinski definition) is 0. The van der Waals surface area contributed by atoms with E-state index < -0.39 is 54.0 Å². The molecule has 1 aliphatic heterocycles. The first kappa shape index (κ1) is 30.7. The molecule has 0 aromatic heterocycles. The predicted octanol–water partition coefficient (Wildman–Crippen LogP) is 9.89. The van der Waals surface area contributed by atoms with E-state index in [2.05, 4.69) is 131 Å². The second kappa shape index (κ2) is 8.36. The van der Waals surface area contributed by atoms with Crippen molar-refractivity contribution < 1.29 is 2.82 Å². The molecule has 0 bridgehead atoms. The Bertz CT molecular complexity index is 488. The molecule has 2 nitrogen and oxygen atoms in total. The van der Waals surface area contributed by atoms with Crippen LogP contribution in [0.4, 0.5) is 0 Å². The molecule has 1 fully saturated rings. The Morgan fingerprint density at radius 1 is 0.367 bits per heavy atom. The van der Waals surface area contributed by atoms with Gasteiger partial charge in [0.15, 0.2) is 0 Å².